The van der Waals surface area contributed by atoms with E-state index in [0.29, 0.717) is 18.1 Å². The molecule has 6 heteroatoms. The molecular formula is C12H12BrN3OS. The van der Waals surface area contributed by atoms with Gasteiger partial charge in [-0.1, -0.05) is 28.1 Å². The molecule has 0 atom stereocenters. The lowest BCUT2D eigenvalue weighted by Crippen LogP contribution is -2.24. The number of nitrogens with two attached hydrogens (primary N) is 1. The van der Waals surface area contributed by atoms with Crippen LogP contribution in [0.15, 0.2) is 34.1 Å². The van der Waals surface area contributed by atoms with Gasteiger partial charge in [0.25, 0.3) is 0 Å². The molecule has 3 N–H and O–H groups in total. The molecule has 0 aliphatic heterocycles. The van der Waals surface area contributed by atoms with Crippen LogP contribution in [0, 0.1) is 0 Å². The summed E-state index contributed by atoms with van der Waals surface area (Å²) >= 11 is 4.73. The second kappa shape index (κ2) is 5.97. The fourth-order valence-corrected chi connectivity index (χ4v) is 2.27. The Kier molecular flexibility index (Phi) is 4.33. The van der Waals surface area contributed by atoms with Crippen molar-refractivity contribution in [1.82, 2.24) is 10.3 Å². The number of thiazole rings is 1. The molecule has 1 amide bonds. The molecule has 0 spiro atoms. The van der Waals surface area contributed by atoms with Crippen LogP contribution in [0.3, 0.4) is 0 Å². The number of carbonyl (C=O) groups excluding carboxylic acids is 1. The Morgan fingerprint density at radius 3 is 2.72 bits per heavy atom. The third-order valence-corrected chi connectivity index (χ3v) is 3.57. The summed E-state index contributed by atoms with van der Waals surface area (Å²) in [6.07, 6.45) is 0.368. The van der Waals surface area contributed by atoms with Crippen molar-refractivity contribution in [2.75, 3.05) is 5.73 Å². The molecule has 2 rings (SSSR count). The Morgan fingerprint density at radius 2 is 2.11 bits per heavy atom. The maximum absolute atomic E-state index is 11.7. The minimum Gasteiger partial charge on any atom is -0.375 e. The average Bonchev–Trinajstić information content (AvgIpc) is 2.76. The van der Waals surface area contributed by atoms with E-state index in [1.807, 2.05) is 29.6 Å². The van der Waals surface area contributed by atoms with Crippen LogP contribution >= 0.6 is 27.3 Å². The highest BCUT2D eigenvalue weighted by Gasteiger charge is 2.04. The average molecular weight is 326 g/mol. The summed E-state index contributed by atoms with van der Waals surface area (Å²) in [6, 6.07) is 7.68. The highest BCUT2D eigenvalue weighted by atomic mass is 79.9. The Morgan fingerprint density at radius 1 is 1.39 bits per heavy atom. The van der Waals surface area contributed by atoms with Crippen LogP contribution in [-0.4, -0.2) is 10.9 Å². The van der Waals surface area contributed by atoms with E-state index in [1.54, 1.807) is 0 Å². The molecule has 0 bridgehead atoms. The normalized spacial score (nSPS) is 10.3. The Balaban J connectivity index is 1.83. The first-order valence-electron chi connectivity index (χ1n) is 5.34. The maximum atomic E-state index is 11.7. The van der Waals surface area contributed by atoms with Gasteiger partial charge in [-0.05, 0) is 17.7 Å². The van der Waals surface area contributed by atoms with E-state index < -0.39 is 0 Å². The third-order valence-electron chi connectivity index (χ3n) is 2.31. The smallest absolute Gasteiger partial charge is 0.224 e. The summed E-state index contributed by atoms with van der Waals surface area (Å²) in [6.45, 7) is 0.420. The fourth-order valence-electron chi connectivity index (χ4n) is 1.44. The molecule has 0 radical (unpaired) electrons. The van der Waals surface area contributed by atoms with Crippen molar-refractivity contribution in [3.05, 3.63) is 45.4 Å². The number of benzene rings is 1. The van der Waals surface area contributed by atoms with Crippen molar-refractivity contribution in [3.63, 3.8) is 0 Å². The Bertz CT molecular complexity index is 539. The van der Waals surface area contributed by atoms with Gasteiger partial charge >= 0.3 is 0 Å². The number of nitrogen functional groups attached to an aromatic ring is 1. The molecular weight excluding hydrogens is 314 g/mol. The number of hydrogen-bond donors (Lipinski definition) is 2. The van der Waals surface area contributed by atoms with E-state index in [1.165, 1.54) is 11.3 Å². The molecule has 1 heterocycles. The lowest BCUT2D eigenvalue weighted by atomic mass is 10.1. The highest BCUT2D eigenvalue weighted by molar-refractivity contribution is 9.10. The molecule has 1 aromatic heterocycles. The lowest BCUT2D eigenvalue weighted by molar-refractivity contribution is -0.120. The molecule has 4 nitrogen and oxygen atoms in total. The van der Waals surface area contributed by atoms with Gasteiger partial charge in [-0.15, -0.1) is 11.3 Å². The first-order chi connectivity index (χ1) is 8.63. The van der Waals surface area contributed by atoms with Crippen molar-refractivity contribution >= 4 is 38.3 Å². The third kappa shape index (κ3) is 3.82. The van der Waals surface area contributed by atoms with Gasteiger partial charge < -0.3 is 11.1 Å². The molecule has 0 saturated carbocycles. The second-order valence-electron chi connectivity index (χ2n) is 3.76. The summed E-state index contributed by atoms with van der Waals surface area (Å²) in [5.74, 6) is -0.0242. The van der Waals surface area contributed by atoms with Crippen LogP contribution in [0.25, 0.3) is 0 Å². The molecule has 94 valence electrons. The number of aromatic nitrogens is 1. The molecule has 1 aromatic carbocycles. The molecule has 0 aliphatic carbocycles. The van der Waals surface area contributed by atoms with Gasteiger partial charge in [-0.3, -0.25) is 4.79 Å². The first kappa shape index (κ1) is 13.0. The largest absolute Gasteiger partial charge is 0.375 e. The van der Waals surface area contributed by atoms with E-state index in [-0.39, 0.29) is 5.91 Å². The topological polar surface area (TPSA) is 68.0 Å². The minimum atomic E-state index is -0.0242. The SMILES string of the molecule is Nc1nc(CNC(=O)Cc2ccc(Br)cc2)cs1. The van der Waals surface area contributed by atoms with Crippen LogP contribution in [0.1, 0.15) is 11.3 Å². The monoisotopic (exact) mass is 325 g/mol. The van der Waals surface area contributed by atoms with Gasteiger partial charge in [-0.25, -0.2) is 4.98 Å². The highest BCUT2D eigenvalue weighted by Crippen LogP contribution is 2.12. The fraction of sp³-hybridized carbons (Fsp3) is 0.167. The van der Waals surface area contributed by atoms with Crippen LogP contribution < -0.4 is 11.1 Å². The number of amides is 1. The zero-order valence-corrected chi connectivity index (χ0v) is 11.9. The van der Waals surface area contributed by atoms with Gasteiger partial charge in [-0.2, -0.15) is 0 Å². The van der Waals surface area contributed by atoms with Gasteiger partial charge in [0, 0.05) is 9.85 Å². The van der Waals surface area contributed by atoms with Gasteiger partial charge in [0.2, 0.25) is 5.91 Å². The number of nitrogens with one attached hydrogen (secondary N) is 1. The van der Waals surface area contributed by atoms with Crippen molar-refractivity contribution in [2.45, 2.75) is 13.0 Å². The van der Waals surface area contributed by atoms with Gasteiger partial charge in [0.1, 0.15) is 0 Å². The molecule has 0 unspecified atom stereocenters. The molecule has 18 heavy (non-hydrogen) atoms. The number of nitrogens with zero attached hydrogens (tertiary/aromatic N) is 1. The number of rotatable bonds is 4. The van der Waals surface area contributed by atoms with Crippen LogP contribution in [0.4, 0.5) is 5.13 Å². The van der Waals surface area contributed by atoms with Gasteiger partial charge in [0.05, 0.1) is 18.7 Å². The molecule has 0 aliphatic rings. The predicted octanol–water partition coefficient (Wildman–Crippen LogP) is 2.35. The zero-order valence-electron chi connectivity index (χ0n) is 9.52. The van der Waals surface area contributed by atoms with E-state index in [2.05, 4.69) is 26.2 Å². The summed E-state index contributed by atoms with van der Waals surface area (Å²) in [5, 5.41) is 5.18. The standard InChI is InChI=1S/C12H12BrN3OS/c13-9-3-1-8(2-4-9)5-11(17)15-6-10-7-18-12(14)16-10/h1-4,7H,5-6H2,(H2,14,16)(H,15,17). The second-order valence-corrected chi connectivity index (χ2v) is 5.56. The zero-order chi connectivity index (χ0) is 13.0. The van der Waals surface area contributed by atoms with Crippen molar-refractivity contribution in [3.8, 4) is 0 Å². The Hall–Kier alpha value is -1.40. The van der Waals surface area contributed by atoms with Crippen molar-refractivity contribution < 1.29 is 4.79 Å². The summed E-state index contributed by atoms with van der Waals surface area (Å²) < 4.78 is 1.00. The van der Waals surface area contributed by atoms with E-state index in [9.17, 15) is 4.79 Å². The van der Waals surface area contributed by atoms with E-state index in [0.717, 1.165) is 15.7 Å². The van der Waals surface area contributed by atoms with Crippen LogP contribution in [0.2, 0.25) is 0 Å². The van der Waals surface area contributed by atoms with E-state index in [4.69, 9.17) is 5.73 Å². The first-order valence-corrected chi connectivity index (χ1v) is 7.02. The summed E-state index contributed by atoms with van der Waals surface area (Å²) in [5.41, 5.74) is 7.29. The van der Waals surface area contributed by atoms with E-state index >= 15 is 0 Å². The molecule has 0 fully saturated rings. The summed E-state index contributed by atoms with van der Waals surface area (Å²) in [4.78, 5) is 15.8. The lowest BCUT2D eigenvalue weighted by Gasteiger charge is -2.03. The van der Waals surface area contributed by atoms with Gasteiger partial charge in [0.15, 0.2) is 5.13 Å². The number of carbonyl (C=O) groups is 1. The van der Waals surface area contributed by atoms with Crippen LogP contribution in [-0.2, 0) is 17.8 Å². The predicted molar refractivity (Wildman–Crippen MR) is 76.2 cm³/mol. The molecule has 0 saturated heterocycles. The maximum Gasteiger partial charge on any atom is 0.224 e. The van der Waals surface area contributed by atoms with Crippen LogP contribution in [0.5, 0.6) is 0 Å². The number of halogens is 1. The number of hydrogen-bond acceptors (Lipinski definition) is 4. The van der Waals surface area contributed by atoms with Crippen molar-refractivity contribution in [2.24, 2.45) is 0 Å². The quantitative estimate of drug-likeness (QED) is 0.906. The number of anilines is 1. The Labute approximate surface area is 117 Å². The minimum absolute atomic E-state index is 0.0242. The summed E-state index contributed by atoms with van der Waals surface area (Å²) in [7, 11) is 0. The molecule has 2 aromatic rings. The van der Waals surface area contributed by atoms with Crippen molar-refractivity contribution in [1.29, 1.82) is 0 Å².